The number of rotatable bonds is 6. The highest BCUT2D eigenvalue weighted by Crippen LogP contribution is 2.35. The van der Waals surface area contributed by atoms with Gasteiger partial charge < -0.3 is 20.7 Å². The number of hydrogen-bond donors (Lipinski definition) is 2. The average Bonchev–Trinajstić information content (AvgIpc) is 3.31. The molecule has 2 fully saturated rings. The minimum atomic E-state index is -1.50. The Morgan fingerprint density at radius 1 is 1.29 bits per heavy atom. The fourth-order valence-corrected chi connectivity index (χ4v) is 5.36. The molecule has 2 heterocycles. The van der Waals surface area contributed by atoms with E-state index in [0.29, 0.717) is 10.9 Å². The monoisotopic (exact) mass is 473 g/mol. The smallest absolute Gasteiger partial charge is 0.269 e. The molecule has 2 aliphatic rings. The number of alkyl halides is 1. The molecule has 1 aliphatic heterocycles. The Kier molecular flexibility index (Phi) is 6.62. The summed E-state index contributed by atoms with van der Waals surface area (Å²) in [5.74, 6) is -1.61. The van der Waals surface area contributed by atoms with E-state index in [2.05, 4.69) is 24.3 Å². The lowest BCUT2D eigenvalue weighted by Crippen LogP contribution is -2.54. The summed E-state index contributed by atoms with van der Waals surface area (Å²) in [5.41, 5.74) is 6.16. The minimum absolute atomic E-state index is 0.0300. The number of nitrogens with one attached hydrogen (secondary N) is 1. The number of ether oxygens (including phenoxy) is 1. The molecule has 10 heteroatoms. The van der Waals surface area contributed by atoms with Gasteiger partial charge in [-0.05, 0) is 30.7 Å². The summed E-state index contributed by atoms with van der Waals surface area (Å²) in [7, 11) is 1.34. The van der Waals surface area contributed by atoms with Gasteiger partial charge in [0.1, 0.15) is 24.9 Å². The van der Waals surface area contributed by atoms with Gasteiger partial charge in [0.15, 0.2) is 5.69 Å². The van der Waals surface area contributed by atoms with Crippen molar-refractivity contribution in [1.82, 2.24) is 20.0 Å². The van der Waals surface area contributed by atoms with Gasteiger partial charge in [0.25, 0.3) is 5.91 Å². The third-order valence-corrected chi connectivity index (χ3v) is 6.96. The van der Waals surface area contributed by atoms with Crippen LogP contribution in [0.3, 0.4) is 0 Å². The topological polar surface area (TPSA) is 120 Å². The average molecular weight is 474 g/mol. The van der Waals surface area contributed by atoms with Crippen LogP contribution in [0.5, 0.6) is 0 Å². The Morgan fingerprint density at radius 2 is 2.03 bits per heavy atom. The Labute approximate surface area is 197 Å². The second-order valence-corrected chi connectivity index (χ2v) is 10.1. The predicted octanol–water partition coefficient (Wildman–Crippen LogP) is 1.78. The number of hydrogen-bond acceptors (Lipinski definition) is 5. The molecule has 4 rings (SSSR count). The number of carbonyl (C=O) groups excluding carboxylic acids is 3. The van der Waals surface area contributed by atoms with Gasteiger partial charge in [-0.15, -0.1) is 0 Å². The fraction of sp³-hybridized carbons (Fsp3) is 0.583. The molecule has 1 aromatic heterocycles. The molecule has 1 aromatic carbocycles. The van der Waals surface area contributed by atoms with E-state index in [1.54, 1.807) is 24.3 Å². The van der Waals surface area contributed by atoms with E-state index in [0.717, 1.165) is 25.7 Å². The second kappa shape index (κ2) is 9.32. The van der Waals surface area contributed by atoms with Crippen molar-refractivity contribution in [2.24, 2.45) is 11.1 Å². The summed E-state index contributed by atoms with van der Waals surface area (Å²) in [6, 6.07) is 5.79. The molecule has 0 spiro atoms. The lowest BCUT2D eigenvalue weighted by Gasteiger charge is -2.37. The van der Waals surface area contributed by atoms with E-state index in [1.807, 2.05) is 0 Å². The molecule has 3 N–H and O–H groups in total. The third-order valence-electron chi connectivity index (χ3n) is 6.96. The number of para-hydroxylation sites is 1. The van der Waals surface area contributed by atoms with Gasteiger partial charge in [0.2, 0.25) is 11.8 Å². The largest absolute Gasteiger partial charge is 0.376 e. The number of aromatic nitrogens is 2. The first-order chi connectivity index (χ1) is 16.1. The number of fused-ring (bicyclic) bond motifs is 1. The molecule has 2 aromatic rings. The maximum absolute atomic E-state index is 14.8. The Balaban J connectivity index is 1.56. The number of likely N-dealkylation sites (tertiary alicyclic amines) is 1. The zero-order valence-corrected chi connectivity index (χ0v) is 19.8. The van der Waals surface area contributed by atoms with Gasteiger partial charge in [0.05, 0.1) is 12.1 Å². The molecular weight excluding hydrogens is 441 g/mol. The predicted molar refractivity (Wildman–Crippen MR) is 124 cm³/mol. The van der Waals surface area contributed by atoms with Gasteiger partial charge in [-0.1, -0.05) is 38.5 Å². The van der Waals surface area contributed by atoms with Crippen molar-refractivity contribution in [3.63, 3.8) is 0 Å². The zero-order valence-electron chi connectivity index (χ0n) is 19.8. The lowest BCUT2D eigenvalue weighted by atomic mass is 9.75. The zero-order chi connectivity index (χ0) is 24.6. The van der Waals surface area contributed by atoms with Crippen molar-refractivity contribution in [2.75, 3.05) is 13.7 Å². The van der Waals surface area contributed by atoms with Crippen LogP contribution >= 0.6 is 0 Å². The molecule has 4 atom stereocenters. The molecular formula is C24H32FN5O4. The highest BCUT2D eigenvalue weighted by molar-refractivity contribution is 6.04. The van der Waals surface area contributed by atoms with Gasteiger partial charge in [-0.3, -0.25) is 19.1 Å². The van der Waals surface area contributed by atoms with Gasteiger partial charge in [0, 0.05) is 18.5 Å². The third kappa shape index (κ3) is 4.64. The van der Waals surface area contributed by atoms with E-state index in [1.165, 1.54) is 16.7 Å². The standard InChI is InChI=1S/C24H32FN5O4/c1-24(2)10-6-7-14(11-24)27-23(33)20-21(34-3)16(25)12-29(20)18(31)13-30-17-9-5-4-8-15(17)19(28-30)22(26)32/h4-5,8-9,14,16,20-21H,6-7,10-13H2,1-3H3,(H2,26,32)(H,27,33)/t14-,16+,20+,21-/m1/s1. The number of halogens is 1. The number of primary amides is 1. The highest BCUT2D eigenvalue weighted by atomic mass is 19.1. The Bertz CT molecular complexity index is 1100. The minimum Gasteiger partial charge on any atom is -0.376 e. The summed E-state index contributed by atoms with van der Waals surface area (Å²) in [6.07, 6.45) is 1.21. The lowest BCUT2D eigenvalue weighted by molar-refractivity contribution is -0.142. The van der Waals surface area contributed by atoms with Crippen LogP contribution in [0.1, 0.15) is 50.0 Å². The van der Waals surface area contributed by atoms with E-state index >= 15 is 0 Å². The molecule has 34 heavy (non-hydrogen) atoms. The Hall–Kier alpha value is -3.01. The number of nitrogens with two attached hydrogens (primary N) is 1. The molecule has 0 radical (unpaired) electrons. The normalized spacial score (nSPS) is 26.5. The molecule has 1 saturated carbocycles. The van der Waals surface area contributed by atoms with Crippen LogP contribution in [0, 0.1) is 5.41 Å². The summed E-state index contributed by atoms with van der Waals surface area (Å²) in [4.78, 5) is 39.6. The number of carbonyl (C=O) groups is 3. The Morgan fingerprint density at radius 3 is 2.71 bits per heavy atom. The van der Waals surface area contributed by atoms with Crippen molar-refractivity contribution < 1.29 is 23.5 Å². The first kappa shape index (κ1) is 24.1. The molecule has 1 aliphatic carbocycles. The van der Waals surface area contributed by atoms with Crippen LogP contribution in [0.15, 0.2) is 24.3 Å². The van der Waals surface area contributed by atoms with E-state index < -0.39 is 36.0 Å². The highest BCUT2D eigenvalue weighted by Gasteiger charge is 2.49. The van der Waals surface area contributed by atoms with Crippen LogP contribution in [-0.4, -0.2) is 70.4 Å². The maximum atomic E-state index is 14.8. The maximum Gasteiger partial charge on any atom is 0.269 e. The molecule has 184 valence electrons. The number of nitrogens with zero attached hydrogens (tertiary/aromatic N) is 3. The summed E-state index contributed by atoms with van der Waals surface area (Å²) in [5, 5.41) is 7.77. The van der Waals surface area contributed by atoms with Crippen LogP contribution in [-0.2, 0) is 20.9 Å². The summed E-state index contributed by atoms with van der Waals surface area (Å²) >= 11 is 0. The van der Waals surface area contributed by atoms with Crippen LogP contribution in [0.25, 0.3) is 10.9 Å². The van der Waals surface area contributed by atoms with Gasteiger partial charge >= 0.3 is 0 Å². The van der Waals surface area contributed by atoms with Crippen molar-refractivity contribution in [3.05, 3.63) is 30.0 Å². The van der Waals surface area contributed by atoms with Crippen LogP contribution in [0.4, 0.5) is 4.39 Å². The molecule has 3 amide bonds. The molecule has 1 saturated heterocycles. The van der Waals surface area contributed by atoms with Crippen molar-refractivity contribution in [1.29, 1.82) is 0 Å². The second-order valence-electron chi connectivity index (χ2n) is 10.1. The van der Waals surface area contributed by atoms with Crippen molar-refractivity contribution >= 4 is 28.6 Å². The SMILES string of the molecule is CO[C@H]1[C@@H](C(=O)N[C@@H]2CCCC(C)(C)C2)N(C(=O)Cn2nc(C(N)=O)c3ccccc32)C[C@@H]1F. The number of methoxy groups -OCH3 is 1. The van der Waals surface area contributed by atoms with Gasteiger partial charge in [-0.25, -0.2) is 4.39 Å². The van der Waals surface area contributed by atoms with Crippen LogP contribution in [0.2, 0.25) is 0 Å². The quantitative estimate of drug-likeness (QED) is 0.663. The first-order valence-corrected chi connectivity index (χ1v) is 11.6. The van der Waals surface area contributed by atoms with E-state index in [9.17, 15) is 18.8 Å². The molecule has 9 nitrogen and oxygen atoms in total. The number of benzene rings is 1. The van der Waals surface area contributed by atoms with E-state index in [-0.39, 0.29) is 30.2 Å². The molecule has 0 bridgehead atoms. The van der Waals surface area contributed by atoms with E-state index in [4.69, 9.17) is 10.5 Å². The van der Waals surface area contributed by atoms with Crippen molar-refractivity contribution in [2.45, 2.75) is 70.4 Å². The van der Waals surface area contributed by atoms with Crippen molar-refractivity contribution in [3.8, 4) is 0 Å². The first-order valence-electron chi connectivity index (χ1n) is 11.6. The van der Waals surface area contributed by atoms with Crippen LogP contribution < -0.4 is 11.1 Å². The fourth-order valence-electron chi connectivity index (χ4n) is 5.36. The molecule has 0 unspecified atom stereocenters. The summed E-state index contributed by atoms with van der Waals surface area (Å²) in [6.45, 7) is 3.81. The number of amides is 3. The van der Waals surface area contributed by atoms with Gasteiger partial charge in [-0.2, -0.15) is 5.10 Å². The summed E-state index contributed by atoms with van der Waals surface area (Å²) < 4.78 is 21.5.